The van der Waals surface area contributed by atoms with Crippen LogP contribution >= 0.6 is 11.3 Å². The maximum atomic E-state index is 12.5. The van der Waals surface area contributed by atoms with Gasteiger partial charge in [-0.05, 0) is 6.54 Å². The van der Waals surface area contributed by atoms with E-state index in [1.54, 1.807) is 13.8 Å². The van der Waals surface area contributed by atoms with E-state index in [0.717, 1.165) is 17.9 Å². The third-order valence-corrected chi connectivity index (χ3v) is 6.58. The van der Waals surface area contributed by atoms with Crippen LogP contribution in [0.25, 0.3) is 0 Å². The molecule has 0 aromatic carbocycles. The maximum absolute atomic E-state index is 12.5. The maximum Gasteiger partial charge on any atom is 0.272 e. The molecule has 1 aromatic rings. The summed E-state index contributed by atoms with van der Waals surface area (Å²) in [5.41, 5.74) is 0. The molecule has 2 heterocycles. The zero-order valence-electron chi connectivity index (χ0n) is 12.9. The van der Waals surface area contributed by atoms with Crippen molar-refractivity contribution in [1.82, 2.24) is 19.4 Å². The molecule has 1 aromatic heterocycles. The number of aromatic nitrogens is 2. The minimum atomic E-state index is -3.63. The van der Waals surface area contributed by atoms with Crippen LogP contribution in [0.2, 0.25) is 0 Å². The van der Waals surface area contributed by atoms with Crippen molar-refractivity contribution in [3.63, 3.8) is 0 Å². The fraction of sp³-hybridized carbons (Fsp3) is 0.750. The molecule has 22 heavy (non-hydrogen) atoms. The minimum Gasteiger partial charge on any atom is -0.301 e. The number of piperazine rings is 1. The highest BCUT2D eigenvalue weighted by molar-refractivity contribution is 7.91. The lowest BCUT2D eigenvalue weighted by Gasteiger charge is -2.32. The fourth-order valence-electron chi connectivity index (χ4n) is 2.01. The van der Waals surface area contributed by atoms with Gasteiger partial charge in [0.1, 0.15) is 0 Å². The van der Waals surface area contributed by atoms with Gasteiger partial charge in [0.15, 0.2) is 0 Å². The number of rotatable bonds is 5. The lowest BCUT2D eigenvalue weighted by molar-refractivity contribution is -0.118. The van der Waals surface area contributed by atoms with Gasteiger partial charge in [0.25, 0.3) is 10.0 Å². The standard InChI is InChI=1S/C12H21N5O3S2/c1-4-16-5-7-17(8-6-16)22(19,20)12-15-14-11(21-12)13-10(18)9(2)3/h9H,4-8H2,1-3H3,(H,13,14,18). The molecule has 1 aliphatic heterocycles. The second kappa shape index (κ2) is 6.99. The Bertz CT molecular complexity index is 620. The zero-order chi connectivity index (χ0) is 16.3. The largest absolute Gasteiger partial charge is 0.301 e. The van der Waals surface area contributed by atoms with E-state index in [0.29, 0.717) is 26.2 Å². The number of nitrogens with one attached hydrogen (secondary N) is 1. The number of likely N-dealkylation sites (N-methyl/N-ethyl adjacent to an activating group) is 1. The van der Waals surface area contributed by atoms with Crippen molar-refractivity contribution in [1.29, 1.82) is 0 Å². The molecule has 1 saturated heterocycles. The SMILES string of the molecule is CCN1CCN(S(=O)(=O)c2nnc(NC(=O)C(C)C)s2)CC1. The van der Waals surface area contributed by atoms with Crippen LogP contribution < -0.4 is 5.32 Å². The quantitative estimate of drug-likeness (QED) is 0.778. The van der Waals surface area contributed by atoms with Gasteiger partial charge in [-0.25, -0.2) is 8.42 Å². The Morgan fingerprint density at radius 1 is 1.27 bits per heavy atom. The van der Waals surface area contributed by atoms with Crippen LogP contribution in [0.1, 0.15) is 20.8 Å². The summed E-state index contributed by atoms with van der Waals surface area (Å²) in [5.74, 6) is -0.414. The zero-order valence-corrected chi connectivity index (χ0v) is 14.6. The van der Waals surface area contributed by atoms with Crippen molar-refractivity contribution >= 4 is 32.4 Å². The van der Waals surface area contributed by atoms with E-state index in [1.165, 1.54) is 4.31 Å². The predicted octanol–water partition coefficient (Wildman–Crippen LogP) is 0.459. The number of hydrogen-bond donors (Lipinski definition) is 1. The smallest absolute Gasteiger partial charge is 0.272 e. The molecule has 0 saturated carbocycles. The highest BCUT2D eigenvalue weighted by Gasteiger charge is 2.31. The molecular formula is C12H21N5O3S2. The summed E-state index contributed by atoms with van der Waals surface area (Å²) in [7, 11) is -3.63. The molecule has 8 nitrogen and oxygen atoms in total. The summed E-state index contributed by atoms with van der Waals surface area (Å²) in [6, 6.07) is 0. The molecule has 1 N–H and O–H groups in total. The highest BCUT2D eigenvalue weighted by atomic mass is 32.2. The number of nitrogens with zero attached hydrogens (tertiary/aromatic N) is 4. The molecule has 0 bridgehead atoms. The van der Waals surface area contributed by atoms with Crippen LogP contribution in [0.15, 0.2) is 4.34 Å². The average Bonchev–Trinajstić information content (AvgIpc) is 2.96. The van der Waals surface area contributed by atoms with Crippen molar-refractivity contribution < 1.29 is 13.2 Å². The second-order valence-corrected chi connectivity index (χ2v) is 8.44. The molecule has 1 amide bonds. The summed E-state index contributed by atoms with van der Waals surface area (Å²) in [6.45, 7) is 8.79. The van der Waals surface area contributed by atoms with Gasteiger partial charge in [-0.2, -0.15) is 4.31 Å². The van der Waals surface area contributed by atoms with E-state index >= 15 is 0 Å². The molecule has 124 valence electrons. The monoisotopic (exact) mass is 347 g/mol. The predicted molar refractivity (Wildman–Crippen MR) is 84.2 cm³/mol. The number of carbonyl (C=O) groups is 1. The minimum absolute atomic E-state index is 0.0727. The first-order chi connectivity index (χ1) is 10.3. The van der Waals surface area contributed by atoms with Crippen LogP contribution in [0.4, 0.5) is 5.13 Å². The van der Waals surface area contributed by atoms with E-state index in [4.69, 9.17) is 0 Å². The van der Waals surface area contributed by atoms with Crippen LogP contribution in [-0.2, 0) is 14.8 Å². The van der Waals surface area contributed by atoms with Crippen molar-refractivity contribution in [3.8, 4) is 0 Å². The Hall–Kier alpha value is -1.10. The van der Waals surface area contributed by atoms with E-state index < -0.39 is 10.0 Å². The van der Waals surface area contributed by atoms with Gasteiger partial charge in [-0.3, -0.25) is 4.79 Å². The number of carbonyl (C=O) groups excluding carboxylic acids is 1. The average molecular weight is 347 g/mol. The van der Waals surface area contributed by atoms with Crippen LogP contribution in [-0.4, -0.2) is 66.5 Å². The first-order valence-electron chi connectivity index (χ1n) is 7.21. The van der Waals surface area contributed by atoms with Gasteiger partial charge in [-0.1, -0.05) is 32.1 Å². The number of sulfonamides is 1. The lowest BCUT2D eigenvalue weighted by Crippen LogP contribution is -2.48. The molecular weight excluding hydrogens is 326 g/mol. The highest BCUT2D eigenvalue weighted by Crippen LogP contribution is 2.24. The first kappa shape index (κ1) is 17.3. The third-order valence-electron chi connectivity index (χ3n) is 3.50. The third kappa shape index (κ3) is 3.80. The Balaban J connectivity index is 2.07. The van der Waals surface area contributed by atoms with Gasteiger partial charge in [0.05, 0.1) is 0 Å². The van der Waals surface area contributed by atoms with E-state index in [-0.39, 0.29) is 21.3 Å². The summed E-state index contributed by atoms with van der Waals surface area (Å²) in [5, 5.41) is 10.3. The first-order valence-corrected chi connectivity index (χ1v) is 9.47. The Kier molecular flexibility index (Phi) is 5.48. The molecule has 0 atom stereocenters. The van der Waals surface area contributed by atoms with E-state index in [1.807, 2.05) is 0 Å². The Labute approximate surface area is 134 Å². The van der Waals surface area contributed by atoms with Crippen molar-refractivity contribution in [3.05, 3.63) is 0 Å². The van der Waals surface area contributed by atoms with Gasteiger partial charge in [-0.15, -0.1) is 10.2 Å². The molecule has 2 rings (SSSR count). The number of amides is 1. The van der Waals surface area contributed by atoms with Crippen molar-refractivity contribution in [2.75, 3.05) is 38.0 Å². The normalized spacial score (nSPS) is 17.8. The van der Waals surface area contributed by atoms with E-state index in [2.05, 4.69) is 27.3 Å². The van der Waals surface area contributed by atoms with Gasteiger partial charge < -0.3 is 10.2 Å². The van der Waals surface area contributed by atoms with Crippen molar-refractivity contribution in [2.24, 2.45) is 5.92 Å². The summed E-state index contributed by atoms with van der Waals surface area (Å²) < 4.78 is 26.4. The summed E-state index contributed by atoms with van der Waals surface area (Å²) >= 11 is 0.888. The molecule has 0 unspecified atom stereocenters. The van der Waals surface area contributed by atoms with Crippen molar-refractivity contribution in [2.45, 2.75) is 25.1 Å². The summed E-state index contributed by atoms with van der Waals surface area (Å²) in [4.78, 5) is 13.8. The molecule has 1 aliphatic rings. The van der Waals surface area contributed by atoms with Crippen LogP contribution in [0, 0.1) is 5.92 Å². The summed E-state index contributed by atoms with van der Waals surface area (Å²) in [6.07, 6.45) is 0. The molecule has 0 spiro atoms. The van der Waals surface area contributed by atoms with Crippen LogP contribution in [0.5, 0.6) is 0 Å². The lowest BCUT2D eigenvalue weighted by atomic mass is 10.2. The van der Waals surface area contributed by atoms with Gasteiger partial charge >= 0.3 is 0 Å². The number of anilines is 1. The number of hydrogen-bond acceptors (Lipinski definition) is 7. The fourth-order valence-corrected chi connectivity index (χ4v) is 4.47. The molecule has 10 heteroatoms. The molecule has 1 fully saturated rings. The second-order valence-electron chi connectivity index (χ2n) is 5.36. The van der Waals surface area contributed by atoms with Gasteiger partial charge in [0.2, 0.25) is 15.4 Å². The van der Waals surface area contributed by atoms with Crippen LogP contribution in [0.3, 0.4) is 0 Å². The Morgan fingerprint density at radius 2 is 1.91 bits per heavy atom. The van der Waals surface area contributed by atoms with E-state index in [9.17, 15) is 13.2 Å². The van der Waals surface area contributed by atoms with Gasteiger partial charge in [0, 0.05) is 32.1 Å². The topological polar surface area (TPSA) is 95.5 Å². The molecule has 0 aliphatic carbocycles. The Morgan fingerprint density at radius 3 is 2.45 bits per heavy atom. The molecule has 0 radical (unpaired) electrons.